The van der Waals surface area contributed by atoms with Crippen molar-refractivity contribution in [3.63, 3.8) is 0 Å². The molecular formula is C17H17Br2N3O3. The third kappa shape index (κ3) is 4.24. The molecule has 3 rings (SSSR count). The number of nitrogens with one attached hydrogen (secondary N) is 1. The van der Waals surface area contributed by atoms with E-state index in [9.17, 15) is 4.79 Å². The Morgan fingerprint density at radius 1 is 1.32 bits per heavy atom. The molecule has 25 heavy (non-hydrogen) atoms. The van der Waals surface area contributed by atoms with Gasteiger partial charge in [-0.05, 0) is 47.0 Å². The molecule has 8 heteroatoms. The van der Waals surface area contributed by atoms with Crippen molar-refractivity contribution in [2.75, 3.05) is 25.1 Å². The fourth-order valence-electron chi connectivity index (χ4n) is 2.65. The van der Waals surface area contributed by atoms with Crippen LogP contribution in [-0.2, 0) is 0 Å². The van der Waals surface area contributed by atoms with Crippen LogP contribution >= 0.6 is 31.9 Å². The van der Waals surface area contributed by atoms with E-state index in [2.05, 4.69) is 47.3 Å². The van der Waals surface area contributed by atoms with Crippen LogP contribution in [-0.4, -0.2) is 32.3 Å². The number of hydrogen-bond donors (Lipinski definition) is 1. The molecule has 0 bridgehead atoms. The molecule has 6 nitrogen and oxygen atoms in total. The molecular weight excluding hydrogens is 454 g/mol. The largest absolute Gasteiger partial charge is 0.496 e. The highest BCUT2D eigenvalue weighted by Crippen LogP contribution is 2.31. The first kappa shape index (κ1) is 18.0. The monoisotopic (exact) mass is 469 g/mol. The lowest BCUT2D eigenvalue weighted by Gasteiger charge is -2.13. The first-order valence-electron chi connectivity index (χ1n) is 7.79. The second kappa shape index (κ2) is 8.05. The van der Waals surface area contributed by atoms with Crippen molar-refractivity contribution in [1.29, 1.82) is 0 Å². The van der Waals surface area contributed by atoms with E-state index in [1.807, 2.05) is 6.07 Å². The maximum atomic E-state index is 12.3. The number of carbonyl (C=O) groups excluding carboxylic acids is 1. The summed E-state index contributed by atoms with van der Waals surface area (Å²) in [6.45, 7) is 1.98. The number of hydrogen-bond acceptors (Lipinski definition) is 5. The maximum Gasteiger partial charge on any atom is 0.275 e. The van der Waals surface area contributed by atoms with Crippen molar-refractivity contribution in [3.05, 3.63) is 44.5 Å². The Labute approximate surface area is 162 Å². The average Bonchev–Trinajstić information content (AvgIpc) is 3.24. The molecule has 0 aliphatic carbocycles. The van der Waals surface area contributed by atoms with E-state index in [1.165, 1.54) is 26.2 Å². The van der Waals surface area contributed by atoms with E-state index in [0.717, 1.165) is 27.9 Å². The van der Waals surface area contributed by atoms with Gasteiger partial charge in [-0.3, -0.25) is 4.79 Å². The number of carbonyl (C=O) groups is 1. The van der Waals surface area contributed by atoms with Crippen LogP contribution < -0.4 is 15.1 Å². The van der Waals surface area contributed by atoms with Gasteiger partial charge >= 0.3 is 0 Å². The van der Waals surface area contributed by atoms with E-state index in [0.29, 0.717) is 17.1 Å². The number of anilines is 1. The van der Waals surface area contributed by atoms with Crippen LogP contribution in [0.1, 0.15) is 29.0 Å². The maximum absolute atomic E-state index is 12.3. The predicted octanol–water partition coefficient (Wildman–Crippen LogP) is 4.18. The van der Waals surface area contributed by atoms with Crippen LogP contribution in [0.15, 0.2) is 42.7 Å². The zero-order chi connectivity index (χ0) is 17.8. The summed E-state index contributed by atoms with van der Waals surface area (Å²) in [5.74, 6) is 1.49. The van der Waals surface area contributed by atoms with Crippen molar-refractivity contribution in [2.24, 2.45) is 5.10 Å². The standard InChI is InChI=1S/C17H17Br2N3O3/c1-24-15-5-4-11(18)8-13(15)16(23)21-20-10-12-9-14(19)17(25-12)22-6-2-3-7-22/h4-5,8-10H,2-3,6-7H2,1H3,(H,21,23)/b20-10-. The lowest BCUT2D eigenvalue weighted by Crippen LogP contribution is -2.18. The second-order valence-electron chi connectivity index (χ2n) is 5.54. The van der Waals surface area contributed by atoms with Gasteiger partial charge in [-0.15, -0.1) is 0 Å². The Kier molecular flexibility index (Phi) is 5.80. The van der Waals surface area contributed by atoms with Gasteiger partial charge in [-0.2, -0.15) is 5.10 Å². The molecule has 0 atom stereocenters. The van der Waals surface area contributed by atoms with E-state index in [1.54, 1.807) is 18.2 Å². The number of amides is 1. The SMILES string of the molecule is COc1ccc(Br)cc1C(=O)N/N=C\c1cc(Br)c(N2CCCC2)o1. The predicted molar refractivity (Wildman–Crippen MR) is 104 cm³/mol. The number of ether oxygens (including phenoxy) is 1. The summed E-state index contributed by atoms with van der Waals surface area (Å²) >= 11 is 6.85. The molecule has 1 aromatic heterocycles. The molecule has 1 aliphatic heterocycles. The second-order valence-corrected chi connectivity index (χ2v) is 7.31. The fourth-order valence-corrected chi connectivity index (χ4v) is 3.57. The molecule has 1 saturated heterocycles. The van der Waals surface area contributed by atoms with Crippen molar-refractivity contribution in [2.45, 2.75) is 12.8 Å². The quantitative estimate of drug-likeness (QED) is 0.525. The van der Waals surface area contributed by atoms with Crippen LogP contribution in [0, 0.1) is 0 Å². The highest BCUT2D eigenvalue weighted by molar-refractivity contribution is 9.10. The number of rotatable bonds is 5. The number of furan rings is 1. The van der Waals surface area contributed by atoms with Crippen LogP contribution in [0.2, 0.25) is 0 Å². The van der Waals surface area contributed by atoms with Gasteiger partial charge < -0.3 is 14.1 Å². The summed E-state index contributed by atoms with van der Waals surface area (Å²) in [6.07, 6.45) is 3.81. The molecule has 0 spiro atoms. The Bertz CT molecular complexity index is 798. The van der Waals surface area contributed by atoms with Crippen LogP contribution in [0.5, 0.6) is 5.75 Å². The fraction of sp³-hybridized carbons (Fsp3) is 0.294. The zero-order valence-electron chi connectivity index (χ0n) is 13.6. The molecule has 0 saturated carbocycles. The van der Waals surface area contributed by atoms with Gasteiger partial charge in [0.2, 0.25) is 5.88 Å². The Morgan fingerprint density at radius 3 is 2.80 bits per heavy atom. The first-order chi connectivity index (χ1) is 12.1. The summed E-state index contributed by atoms with van der Waals surface area (Å²) in [5.41, 5.74) is 2.88. The van der Waals surface area contributed by atoms with Crippen LogP contribution in [0.4, 0.5) is 5.88 Å². The van der Waals surface area contributed by atoms with Gasteiger partial charge in [0.25, 0.3) is 5.91 Å². The third-order valence-electron chi connectivity index (χ3n) is 3.85. The Balaban J connectivity index is 1.68. The van der Waals surface area contributed by atoms with Gasteiger partial charge in [-0.25, -0.2) is 5.43 Å². The van der Waals surface area contributed by atoms with Gasteiger partial charge in [0, 0.05) is 23.6 Å². The molecule has 1 fully saturated rings. The molecule has 132 valence electrons. The minimum Gasteiger partial charge on any atom is -0.496 e. The summed E-state index contributed by atoms with van der Waals surface area (Å²) in [7, 11) is 1.52. The summed E-state index contributed by atoms with van der Waals surface area (Å²) in [6, 6.07) is 7.04. The molecule has 2 heterocycles. The van der Waals surface area contributed by atoms with Crippen LogP contribution in [0.25, 0.3) is 0 Å². The zero-order valence-corrected chi connectivity index (χ0v) is 16.8. The topological polar surface area (TPSA) is 67.1 Å². The van der Waals surface area contributed by atoms with Gasteiger partial charge in [0.05, 0.1) is 23.4 Å². The van der Waals surface area contributed by atoms with Gasteiger partial charge in [-0.1, -0.05) is 15.9 Å². The molecule has 0 radical (unpaired) electrons. The Hall–Kier alpha value is -1.80. The average molecular weight is 471 g/mol. The number of methoxy groups -OCH3 is 1. The lowest BCUT2D eigenvalue weighted by molar-refractivity contribution is 0.0952. The van der Waals surface area contributed by atoms with Crippen molar-refractivity contribution in [1.82, 2.24) is 5.43 Å². The molecule has 1 aliphatic rings. The molecule has 2 aromatic rings. The minimum atomic E-state index is -0.361. The normalized spacial score (nSPS) is 14.3. The van der Waals surface area contributed by atoms with E-state index >= 15 is 0 Å². The summed E-state index contributed by atoms with van der Waals surface area (Å²) in [4.78, 5) is 14.5. The number of hydrazone groups is 1. The van der Waals surface area contributed by atoms with Crippen LogP contribution in [0.3, 0.4) is 0 Å². The minimum absolute atomic E-state index is 0.361. The molecule has 1 aromatic carbocycles. The van der Waals surface area contributed by atoms with Crippen molar-refractivity contribution < 1.29 is 13.9 Å². The first-order valence-corrected chi connectivity index (χ1v) is 9.38. The number of halogens is 2. The van der Waals surface area contributed by atoms with Gasteiger partial charge in [0.15, 0.2) is 5.76 Å². The lowest BCUT2D eigenvalue weighted by atomic mass is 10.2. The molecule has 0 unspecified atom stereocenters. The third-order valence-corrected chi connectivity index (χ3v) is 4.91. The Morgan fingerprint density at radius 2 is 2.08 bits per heavy atom. The highest BCUT2D eigenvalue weighted by Gasteiger charge is 2.19. The summed E-state index contributed by atoms with van der Waals surface area (Å²) in [5, 5.41) is 3.98. The number of nitrogens with zero attached hydrogens (tertiary/aromatic N) is 2. The highest BCUT2D eigenvalue weighted by atomic mass is 79.9. The number of benzene rings is 1. The molecule has 1 amide bonds. The van der Waals surface area contributed by atoms with Crippen molar-refractivity contribution in [3.8, 4) is 5.75 Å². The van der Waals surface area contributed by atoms with Gasteiger partial charge in [0.1, 0.15) is 5.75 Å². The van der Waals surface area contributed by atoms with Crippen molar-refractivity contribution >= 4 is 49.9 Å². The van der Waals surface area contributed by atoms with E-state index < -0.39 is 0 Å². The van der Waals surface area contributed by atoms with E-state index in [-0.39, 0.29) is 5.91 Å². The summed E-state index contributed by atoms with van der Waals surface area (Å²) < 4.78 is 12.7. The smallest absolute Gasteiger partial charge is 0.275 e. The van der Waals surface area contributed by atoms with E-state index in [4.69, 9.17) is 9.15 Å². The molecule has 1 N–H and O–H groups in total.